The van der Waals surface area contributed by atoms with Crippen molar-refractivity contribution in [3.8, 4) is 0 Å². The van der Waals surface area contributed by atoms with Crippen LogP contribution < -0.4 is 5.56 Å². The molecule has 0 atom stereocenters. The van der Waals surface area contributed by atoms with E-state index in [4.69, 9.17) is 4.74 Å². The molecule has 2 aromatic heterocycles. The highest BCUT2D eigenvalue weighted by atomic mass is 32.1. The number of methoxy groups -OCH3 is 1. The number of nitrogens with one attached hydrogen (secondary N) is 1. The Morgan fingerprint density at radius 1 is 1.19 bits per heavy atom. The van der Waals surface area contributed by atoms with Gasteiger partial charge in [-0.1, -0.05) is 0 Å². The first-order valence-electron chi connectivity index (χ1n) is 9.00. The average molecular weight is 392 g/mol. The van der Waals surface area contributed by atoms with Crippen molar-refractivity contribution in [2.75, 3.05) is 33.3 Å². The Morgan fingerprint density at radius 3 is 2.63 bits per heavy atom. The number of fused-ring (bicyclic) bond motifs is 1. The largest absolute Gasteiger partial charge is 0.453 e. The van der Waals surface area contributed by atoms with Crippen LogP contribution in [0, 0.1) is 13.8 Å². The van der Waals surface area contributed by atoms with Crippen molar-refractivity contribution in [3.05, 3.63) is 26.6 Å². The molecule has 1 saturated heterocycles. The summed E-state index contributed by atoms with van der Waals surface area (Å²) in [6.45, 7) is 6.04. The SMILES string of the molecule is COC(=O)N1CCCN(C(=O)CCc2nc3sc(C)c(C)c3c(=O)[nH]2)CC1. The number of aromatic nitrogens is 2. The van der Waals surface area contributed by atoms with Gasteiger partial charge in [-0.15, -0.1) is 11.3 Å². The number of nitrogens with zero attached hydrogens (tertiary/aromatic N) is 3. The fraction of sp³-hybridized carbons (Fsp3) is 0.556. The minimum Gasteiger partial charge on any atom is -0.453 e. The van der Waals surface area contributed by atoms with Crippen LogP contribution in [0.4, 0.5) is 4.79 Å². The number of aryl methyl sites for hydroxylation is 3. The van der Waals surface area contributed by atoms with Crippen LogP contribution in [0.3, 0.4) is 0 Å². The summed E-state index contributed by atoms with van der Waals surface area (Å²) in [5.41, 5.74) is 0.818. The molecule has 3 heterocycles. The first kappa shape index (κ1) is 19.3. The zero-order valence-electron chi connectivity index (χ0n) is 15.8. The number of aromatic amines is 1. The number of amides is 2. The molecule has 2 aromatic rings. The lowest BCUT2D eigenvalue weighted by Crippen LogP contribution is -2.37. The molecule has 0 radical (unpaired) electrons. The van der Waals surface area contributed by atoms with Gasteiger partial charge in [0.15, 0.2) is 0 Å². The van der Waals surface area contributed by atoms with Crippen molar-refractivity contribution in [2.24, 2.45) is 0 Å². The van der Waals surface area contributed by atoms with Gasteiger partial charge in [0.2, 0.25) is 5.91 Å². The Hall–Kier alpha value is -2.42. The van der Waals surface area contributed by atoms with E-state index in [0.29, 0.717) is 43.8 Å². The molecular weight excluding hydrogens is 368 g/mol. The van der Waals surface area contributed by atoms with Crippen LogP contribution in [0.1, 0.15) is 29.1 Å². The number of thiophene rings is 1. The summed E-state index contributed by atoms with van der Waals surface area (Å²) in [4.78, 5) is 49.0. The van der Waals surface area contributed by atoms with Crippen molar-refractivity contribution in [1.82, 2.24) is 19.8 Å². The maximum absolute atomic E-state index is 12.6. The molecule has 0 bridgehead atoms. The topological polar surface area (TPSA) is 95.6 Å². The Bertz CT molecular complexity index is 920. The van der Waals surface area contributed by atoms with E-state index >= 15 is 0 Å². The van der Waals surface area contributed by atoms with Crippen molar-refractivity contribution in [1.29, 1.82) is 0 Å². The van der Waals surface area contributed by atoms with Crippen LogP contribution in [0.5, 0.6) is 0 Å². The molecule has 0 aliphatic carbocycles. The number of rotatable bonds is 3. The standard InChI is InChI=1S/C18H24N4O4S/c1-11-12(2)27-17-15(11)16(24)19-13(20-17)5-6-14(23)21-7-4-8-22(10-9-21)18(25)26-3/h4-10H2,1-3H3,(H,19,20,24). The predicted molar refractivity (Wildman–Crippen MR) is 103 cm³/mol. The average Bonchev–Trinajstić information content (AvgIpc) is 2.82. The summed E-state index contributed by atoms with van der Waals surface area (Å²) in [6, 6.07) is 0. The van der Waals surface area contributed by atoms with Crippen molar-refractivity contribution >= 4 is 33.6 Å². The molecule has 9 heteroatoms. The molecule has 1 N–H and O–H groups in total. The molecule has 1 fully saturated rings. The Kier molecular flexibility index (Phi) is 5.79. The lowest BCUT2D eigenvalue weighted by Gasteiger charge is -2.21. The Balaban J connectivity index is 1.63. The maximum Gasteiger partial charge on any atom is 0.409 e. The van der Waals surface area contributed by atoms with E-state index in [1.165, 1.54) is 18.4 Å². The second-order valence-electron chi connectivity index (χ2n) is 6.67. The quantitative estimate of drug-likeness (QED) is 0.860. The number of hydrogen-bond donors (Lipinski definition) is 1. The zero-order chi connectivity index (χ0) is 19.6. The summed E-state index contributed by atoms with van der Waals surface area (Å²) in [7, 11) is 1.36. The maximum atomic E-state index is 12.6. The molecule has 0 unspecified atom stereocenters. The molecule has 1 aliphatic heterocycles. The van der Waals surface area contributed by atoms with Crippen LogP contribution in [0.25, 0.3) is 10.2 Å². The van der Waals surface area contributed by atoms with Crippen LogP contribution >= 0.6 is 11.3 Å². The van der Waals surface area contributed by atoms with Gasteiger partial charge in [-0.05, 0) is 25.8 Å². The minimum absolute atomic E-state index is 0.00278. The van der Waals surface area contributed by atoms with E-state index in [1.54, 1.807) is 9.80 Å². The smallest absolute Gasteiger partial charge is 0.409 e. The van der Waals surface area contributed by atoms with E-state index in [-0.39, 0.29) is 24.0 Å². The van der Waals surface area contributed by atoms with E-state index in [9.17, 15) is 14.4 Å². The van der Waals surface area contributed by atoms with Gasteiger partial charge in [-0.3, -0.25) is 9.59 Å². The van der Waals surface area contributed by atoms with Crippen LogP contribution in [0.15, 0.2) is 4.79 Å². The summed E-state index contributed by atoms with van der Waals surface area (Å²) < 4.78 is 4.75. The van der Waals surface area contributed by atoms with Gasteiger partial charge in [-0.25, -0.2) is 9.78 Å². The van der Waals surface area contributed by atoms with Crippen LogP contribution in [-0.4, -0.2) is 65.1 Å². The van der Waals surface area contributed by atoms with E-state index in [2.05, 4.69) is 9.97 Å². The molecule has 0 spiro atoms. The molecule has 27 heavy (non-hydrogen) atoms. The second kappa shape index (κ2) is 8.08. The molecule has 3 rings (SSSR count). The summed E-state index contributed by atoms with van der Waals surface area (Å²) in [5.74, 6) is 0.538. The number of H-pyrrole nitrogens is 1. The molecule has 0 saturated carbocycles. The lowest BCUT2D eigenvalue weighted by molar-refractivity contribution is -0.131. The van der Waals surface area contributed by atoms with Gasteiger partial charge in [0.1, 0.15) is 10.7 Å². The van der Waals surface area contributed by atoms with Crippen molar-refractivity contribution in [2.45, 2.75) is 33.1 Å². The second-order valence-corrected chi connectivity index (χ2v) is 7.87. The molecule has 146 valence electrons. The van der Waals surface area contributed by atoms with Crippen molar-refractivity contribution in [3.63, 3.8) is 0 Å². The fourth-order valence-electron chi connectivity index (χ4n) is 3.28. The zero-order valence-corrected chi connectivity index (χ0v) is 16.6. The van der Waals surface area contributed by atoms with Gasteiger partial charge in [0.25, 0.3) is 5.56 Å². The van der Waals surface area contributed by atoms with E-state index < -0.39 is 0 Å². The Labute approximate surface area is 161 Å². The predicted octanol–water partition coefficient (Wildman–Crippen LogP) is 1.83. The number of carbonyl (C=O) groups is 2. The normalized spacial score (nSPS) is 15.1. The minimum atomic E-state index is -0.360. The highest BCUT2D eigenvalue weighted by Gasteiger charge is 2.22. The number of carbonyl (C=O) groups excluding carboxylic acids is 2. The summed E-state index contributed by atoms with van der Waals surface area (Å²) in [6.07, 6.45) is 1.02. The summed E-state index contributed by atoms with van der Waals surface area (Å²) in [5, 5.41) is 0.642. The highest BCUT2D eigenvalue weighted by Crippen LogP contribution is 2.25. The molecule has 0 aromatic carbocycles. The monoisotopic (exact) mass is 392 g/mol. The van der Waals surface area contributed by atoms with Gasteiger partial charge >= 0.3 is 6.09 Å². The molecule has 1 aliphatic rings. The van der Waals surface area contributed by atoms with Gasteiger partial charge < -0.3 is 19.5 Å². The third-order valence-corrected chi connectivity index (χ3v) is 6.05. The third-order valence-electron chi connectivity index (χ3n) is 4.95. The number of hydrogen-bond acceptors (Lipinski definition) is 6. The first-order valence-corrected chi connectivity index (χ1v) is 9.82. The first-order chi connectivity index (χ1) is 12.9. The van der Waals surface area contributed by atoms with Gasteiger partial charge in [0, 0.05) is 43.9 Å². The Morgan fingerprint density at radius 2 is 1.89 bits per heavy atom. The van der Waals surface area contributed by atoms with Crippen molar-refractivity contribution < 1.29 is 14.3 Å². The molecule has 2 amide bonds. The third kappa shape index (κ3) is 4.13. The van der Waals surface area contributed by atoms with E-state index in [1.807, 2.05) is 13.8 Å². The lowest BCUT2D eigenvalue weighted by atomic mass is 10.2. The summed E-state index contributed by atoms with van der Waals surface area (Å²) >= 11 is 1.50. The van der Waals surface area contributed by atoms with E-state index in [0.717, 1.165) is 21.7 Å². The molecular formula is C18H24N4O4S. The highest BCUT2D eigenvalue weighted by molar-refractivity contribution is 7.18. The van der Waals surface area contributed by atoms with Crippen LogP contribution in [-0.2, 0) is 16.0 Å². The van der Waals surface area contributed by atoms with Crippen LogP contribution in [0.2, 0.25) is 0 Å². The number of ether oxygens (including phenoxy) is 1. The van der Waals surface area contributed by atoms with Gasteiger partial charge in [-0.2, -0.15) is 0 Å². The molecule has 8 nitrogen and oxygen atoms in total. The van der Waals surface area contributed by atoms with Gasteiger partial charge in [0.05, 0.1) is 12.5 Å². The fourth-order valence-corrected chi connectivity index (χ4v) is 4.33.